The molecule has 5 nitrogen and oxygen atoms in total. The van der Waals surface area contributed by atoms with Gasteiger partial charge in [-0.1, -0.05) is 0 Å². The maximum Gasteiger partial charge on any atom is 0.326 e. The smallest absolute Gasteiger partial charge is 0.326 e. The van der Waals surface area contributed by atoms with Crippen molar-refractivity contribution < 1.29 is 14.3 Å². The molecule has 86 valence electrons. The summed E-state index contributed by atoms with van der Waals surface area (Å²) >= 11 is 5.56. The van der Waals surface area contributed by atoms with Crippen molar-refractivity contribution in [3.05, 3.63) is 17.3 Å². The maximum absolute atomic E-state index is 13.4. The second kappa shape index (κ2) is 4.21. The highest BCUT2D eigenvalue weighted by Gasteiger charge is 2.33. The van der Waals surface area contributed by atoms with Crippen molar-refractivity contribution in [3.8, 4) is 0 Å². The van der Waals surface area contributed by atoms with Gasteiger partial charge in [-0.25, -0.2) is 14.2 Å². The summed E-state index contributed by atoms with van der Waals surface area (Å²) in [6.45, 7) is 0.460. The first-order valence-electron chi connectivity index (χ1n) is 4.77. The zero-order valence-corrected chi connectivity index (χ0v) is 8.98. The molecule has 2 heterocycles. The number of carbonyl (C=O) groups is 1. The predicted molar refractivity (Wildman–Crippen MR) is 55.0 cm³/mol. The monoisotopic (exact) mass is 245 g/mol. The van der Waals surface area contributed by atoms with E-state index >= 15 is 0 Å². The molecule has 0 bridgehead atoms. The largest absolute Gasteiger partial charge is 0.480 e. The third-order valence-corrected chi connectivity index (χ3v) is 2.69. The van der Waals surface area contributed by atoms with Crippen LogP contribution in [-0.4, -0.2) is 33.6 Å². The van der Waals surface area contributed by atoms with Gasteiger partial charge in [0.2, 0.25) is 5.28 Å². The summed E-state index contributed by atoms with van der Waals surface area (Å²) in [5, 5.41) is 8.87. The summed E-state index contributed by atoms with van der Waals surface area (Å²) in [7, 11) is 0. The number of aromatic nitrogens is 2. The van der Waals surface area contributed by atoms with E-state index in [-0.39, 0.29) is 11.1 Å². The minimum Gasteiger partial charge on any atom is -0.480 e. The Morgan fingerprint density at radius 1 is 1.69 bits per heavy atom. The number of rotatable bonds is 2. The Balaban J connectivity index is 2.35. The van der Waals surface area contributed by atoms with Crippen LogP contribution in [-0.2, 0) is 4.79 Å². The number of anilines is 1. The minimum absolute atomic E-state index is 0.0371. The highest BCUT2D eigenvalue weighted by molar-refractivity contribution is 6.28. The van der Waals surface area contributed by atoms with E-state index in [0.717, 1.165) is 6.20 Å². The molecule has 7 heteroatoms. The van der Waals surface area contributed by atoms with Gasteiger partial charge in [-0.3, -0.25) is 0 Å². The van der Waals surface area contributed by atoms with E-state index in [9.17, 15) is 9.18 Å². The molecule has 0 spiro atoms. The van der Waals surface area contributed by atoms with E-state index in [2.05, 4.69) is 9.97 Å². The molecule has 1 atom stereocenters. The van der Waals surface area contributed by atoms with Gasteiger partial charge in [-0.05, 0) is 24.4 Å². The zero-order chi connectivity index (χ0) is 11.7. The van der Waals surface area contributed by atoms with Crippen LogP contribution < -0.4 is 4.90 Å². The zero-order valence-electron chi connectivity index (χ0n) is 8.23. The van der Waals surface area contributed by atoms with Crippen molar-refractivity contribution >= 4 is 23.4 Å². The summed E-state index contributed by atoms with van der Waals surface area (Å²) in [6.07, 6.45) is 2.12. The Bertz CT molecular complexity index is 429. The van der Waals surface area contributed by atoms with Crippen molar-refractivity contribution in [2.45, 2.75) is 18.9 Å². The first kappa shape index (κ1) is 11.1. The van der Waals surface area contributed by atoms with Crippen LogP contribution in [0.15, 0.2) is 6.20 Å². The molecule has 1 unspecified atom stereocenters. The number of halogens is 2. The van der Waals surface area contributed by atoms with Gasteiger partial charge in [0.1, 0.15) is 6.04 Å². The number of carboxylic acid groups (broad SMARTS) is 1. The van der Waals surface area contributed by atoms with Gasteiger partial charge in [0.25, 0.3) is 0 Å². The standard InChI is InChI=1S/C9H9ClFN3O2/c10-9-12-4-5(11)7(13-9)14-3-1-2-6(14)8(15)16/h4,6H,1-3H2,(H,15,16). The second-order valence-corrected chi connectivity index (χ2v) is 3.84. The number of aliphatic carboxylic acids is 1. The van der Waals surface area contributed by atoms with Gasteiger partial charge in [0, 0.05) is 6.54 Å². The molecular weight excluding hydrogens is 237 g/mol. The van der Waals surface area contributed by atoms with Crippen LogP contribution in [0.2, 0.25) is 5.28 Å². The molecule has 0 aromatic carbocycles. The average molecular weight is 246 g/mol. The summed E-state index contributed by atoms with van der Waals surface area (Å²) in [6, 6.07) is -0.736. The van der Waals surface area contributed by atoms with Gasteiger partial charge < -0.3 is 10.0 Å². The fraction of sp³-hybridized carbons (Fsp3) is 0.444. The molecule has 1 aliphatic heterocycles. The number of nitrogens with zero attached hydrogens (tertiary/aromatic N) is 3. The Kier molecular flexibility index (Phi) is 2.91. The van der Waals surface area contributed by atoms with Crippen molar-refractivity contribution in [2.24, 2.45) is 0 Å². The molecule has 0 amide bonds. The quantitative estimate of drug-likeness (QED) is 0.796. The highest BCUT2D eigenvalue weighted by atomic mass is 35.5. The molecule has 1 aromatic heterocycles. The van der Waals surface area contributed by atoms with E-state index in [1.807, 2.05) is 0 Å². The molecular formula is C9H9ClFN3O2. The van der Waals surface area contributed by atoms with Crippen molar-refractivity contribution in [1.82, 2.24) is 9.97 Å². The Hall–Kier alpha value is -1.43. The van der Waals surface area contributed by atoms with E-state index < -0.39 is 17.8 Å². The maximum atomic E-state index is 13.4. The third kappa shape index (κ3) is 1.92. The lowest BCUT2D eigenvalue weighted by molar-refractivity contribution is -0.138. The van der Waals surface area contributed by atoms with Crippen LogP contribution in [0.25, 0.3) is 0 Å². The lowest BCUT2D eigenvalue weighted by Gasteiger charge is -2.22. The molecule has 0 aliphatic carbocycles. The molecule has 1 aliphatic rings. The predicted octanol–water partition coefficient (Wildman–Crippen LogP) is 1.32. The Labute approximate surface area is 95.9 Å². The number of hydrogen-bond acceptors (Lipinski definition) is 4. The fourth-order valence-corrected chi connectivity index (χ4v) is 1.94. The molecule has 1 aromatic rings. The summed E-state index contributed by atoms with van der Waals surface area (Å²) in [5.41, 5.74) is 0. The molecule has 1 saturated heterocycles. The normalized spacial score (nSPS) is 20.1. The topological polar surface area (TPSA) is 66.3 Å². The van der Waals surface area contributed by atoms with Crippen molar-refractivity contribution in [1.29, 1.82) is 0 Å². The van der Waals surface area contributed by atoms with Gasteiger partial charge in [-0.15, -0.1) is 0 Å². The minimum atomic E-state index is -0.980. The van der Waals surface area contributed by atoms with E-state index in [1.54, 1.807) is 0 Å². The van der Waals surface area contributed by atoms with Gasteiger partial charge in [0.15, 0.2) is 11.6 Å². The van der Waals surface area contributed by atoms with Crippen molar-refractivity contribution in [3.63, 3.8) is 0 Å². The number of carboxylic acids is 1. The SMILES string of the molecule is O=C(O)C1CCCN1c1nc(Cl)ncc1F. The Morgan fingerprint density at radius 2 is 2.44 bits per heavy atom. The van der Waals surface area contributed by atoms with Crippen LogP contribution in [0.4, 0.5) is 10.2 Å². The number of hydrogen-bond donors (Lipinski definition) is 1. The first-order chi connectivity index (χ1) is 7.59. The molecule has 2 rings (SSSR count). The van der Waals surface area contributed by atoms with Gasteiger partial charge >= 0.3 is 5.97 Å². The Morgan fingerprint density at radius 3 is 3.12 bits per heavy atom. The van der Waals surface area contributed by atoms with E-state index in [0.29, 0.717) is 19.4 Å². The lowest BCUT2D eigenvalue weighted by atomic mass is 10.2. The first-order valence-corrected chi connectivity index (χ1v) is 5.15. The van der Waals surface area contributed by atoms with Crippen LogP contribution in [0.5, 0.6) is 0 Å². The third-order valence-electron chi connectivity index (χ3n) is 2.51. The molecule has 1 N–H and O–H groups in total. The summed E-state index contributed by atoms with van der Waals surface area (Å²) < 4.78 is 13.4. The molecule has 1 fully saturated rings. The summed E-state index contributed by atoms with van der Waals surface area (Å²) in [4.78, 5) is 19.6. The van der Waals surface area contributed by atoms with Gasteiger partial charge in [-0.2, -0.15) is 4.98 Å². The molecule has 16 heavy (non-hydrogen) atoms. The van der Waals surface area contributed by atoms with Crippen LogP contribution >= 0.6 is 11.6 Å². The van der Waals surface area contributed by atoms with Crippen molar-refractivity contribution in [2.75, 3.05) is 11.4 Å². The van der Waals surface area contributed by atoms with E-state index in [1.165, 1.54) is 4.90 Å². The van der Waals surface area contributed by atoms with Gasteiger partial charge in [0.05, 0.1) is 6.20 Å². The van der Waals surface area contributed by atoms with Crippen LogP contribution in [0, 0.1) is 5.82 Å². The van der Waals surface area contributed by atoms with Crippen LogP contribution in [0.1, 0.15) is 12.8 Å². The summed E-state index contributed by atoms with van der Waals surface area (Å²) in [5.74, 6) is -1.67. The fourth-order valence-electron chi connectivity index (χ4n) is 1.82. The molecule has 0 saturated carbocycles. The lowest BCUT2D eigenvalue weighted by Crippen LogP contribution is -2.37. The van der Waals surface area contributed by atoms with Crippen LogP contribution in [0.3, 0.4) is 0 Å². The average Bonchev–Trinajstić information content (AvgIpc) is 2.70. The second-order valence-electron chi connectivity index (χ2n) is 3.50. The highest BCUT2D eigenvalue weighted by Crippen LogP contribution is 2.26. The molecule has 0 radical (unpaired) electrons. The van der Waals surface area contributed by atoms with E-state index in [4.69, 9.17) is 16.7 Å².